The Labute approximate surface area is 122 Å². The first-order chi connectivity index (χ1) is 9.53. The average molecular weight is 268 g/mol. The van der Waals surface area contributed by atoms with Gasteiger partial charge in [0.25, 0.3) is 0 Å². The quantitative estimate of drug-likeness (QED) is 0.830. The van der Waals surface area contributed by atoms with Crippen LogP contribution in [0.3, 0.4) is 0 Å². The highest BCUT2D eigenvalue weighted by Crippen LogP contribution is 2.36. The number of hydrogen-bond donors (Lipinski definition) is 1. The van der Waals surface area contributed by atoms with Crippen molar-refractivity contribution in [3.63, 3.8) is 0 Å². The maximum atomic E-state index is 10.4. The van der Waals surface area contributed by atoms with Gasteiger partial charge >= 0.3 is 0 Å². The average Bonchev–Trinajstić information content (AvgIpc) is 2.48. The standard InChI is InChI=1S/C19H24O/c1-4-19(2,3)18(20)17-12-10-16(11-13-17)14-15-8-6-5-7-9-15/h5-13,18,20H,4,14H2,1-3H3. The third-order valence-electron chi connectivity index (χ3n) is 4.20. The summed E-state index contributed by atoms with van der Waals surface area (Å²) in [5.41, 5.74) is 3.52. The summed E-state index contributed by atoms with van der Waals surface area (Å²) in [6.45, 7) is 6.33. The van der Waals surface area contributed by atoms with E-state index in [2.05, 4.69) is 69.3 Å². The highest BCUT2D eigenvalue weighted by atomic mass is 16.3. The van der Waals surface area contributed by atoms with Crippen LogP contribution in [0, 0.1) is 5.41 Å². The molecule has 1 heteroatoms. The lowest BCUT2D eigenvalue weighted by molar-refractivity contribution is 0.0465. The van der Waals surface area contributed by atoms with Gasteiger partial charge in [0.2, 0.25) is 0 Å². The van der Waals surface area contributed by atoms with Gasteiger partial charge in [0.05, 0.1) is 6.10 Å². The molecule has 2 aromatic rings. The summed E-state index contributed by atoms with van der Waals surface area (Å²) in [6.07, 6.45) is 1.49. The highest BCUT2D eigenvalue weighted by molar-refractivity contribution is 5.30. The smallest absolute Gasteiger partial charge is 0.0840 e. The van der Waals surface area contributed by atoms with Crippen molar-refractivity contribution in [2.24, 2.45) is 5.41 Å². The molecule has 0 aliphatic rings. The zero-order chi connectivity index (χ0) is 14.6. The first-order valence-electron chi connectivity index (χ1n) is 7.34. The van der Waals surface area contributed by atoms with Gasteiger partial charge in [-0.2, -0.15) is 0 Å². The molecule has 0 aliphatic heterocycles. The first-order valence-corrected chi connectivity index (χ1v) is 7.34. The van der Waals surface area contributed by atoms with Gasteiger partial charge in [-0.3, -0.25) is 0 Å². The lowest BCUT2D eigenvalue weighted by Gasteiger charge is -2.29. The molecule has 0 aliphatic carbocycles. The third-order valence-corrected chi connectivity index (χ3v) is 4.20. The van der Waals surface area contributed by atoms with E-state index in [1.54, 1.807) is 0 Å². The van der Waals surface area contributed by atoms with Crippen LogP contribution in [-0.4, -0.2) is 5.11 Å². The lowest BCUT2D eigenvalue weighted by atomic mass is 9.80. The molecule has 1 atom stereocenters. The Kier molecular flexibility index (Phi) is 4.61. The predicted octanol–water partition coefficient (Wildman–Crippen LogP) is 4.75. The van der Waals surface area contributed by atoms with Crippen molar-refractivity contribution in [2.75, 3.05) is 0 Å². The van der Waals surface area contributed by atoms with Crippen molar-refractivity contribution in [3.05, 3.63) is 71.3 Å². The summed E-state index contributed by atoms with van der Waals surface area (Å²) in [7, 11) is 0. The molecular weight excluding hydrogens is 244 g/mol. The largest absolute Gasteiger partial charge is 0.388 e. The fourth-order valence-electron chi connectivity index (χ4n) is 2.29. The van der Waals surface area contributed by atoms with E-state index in [0.29, 0.717) is 0 Å². The molecule has 1 unspecified atom stereocenters. The van der Waals surface area contributed by atoms with Crippen molar-refractivity contribution >= 4 is 0 Å². The van der Waals surface area contributed by atoms with E-state index < -0.39 is 6.10 Å². The van der Waals surface area contributed by atoms with Crippen LogP contribution >= 0.6 is 0 Å². The topological polar surface area (TPSA) is 20.2 Å². The summed E-state index contributed by atoms with van der Waals surface area (Å²) in [5.74, 6) is 0. The molecule has 2 rings (SSSR count). The molecule has 0 radical (unpaired) electrons. The normalized spacial score (nSPS) is 13.2. The van der Waals surface area contributed by atoms with Crippen LogP contribution in [0.25, 0.3) is 0 Å². The van der Waals surface area contributed by atoms with Crippen molar-refractivity contribution in [3.8, 4) is 0 Å². The van der Waals surface area contributed by atoms with Crippen molar-refractivity contribution in [2.45, 2.75) is 39.7 Å². The molecular formula is C19H24O. The Hall–Kier alpha value is -1.60. The molecule has 0 bridgehead atoms. The SMILES string of the molecule is CCC(C)(C)C(O)c1ccc(Cc2ccccc2)cc1. The summed E-state index contributed by atoms with van der Waals surface area (Å²) in [6, 6.07) is 18.8. The van der Waals surface area contributed by atoms with Crippen molar-refractivity contribution in [1.82, 2.24) is 0 Å². The minimum absolute atomic E-state index is 0.0824. The molecule has 1 nitrogen and oxygen atoms in total. The van der Waals surface area contributed by atoms with Crippen LogP contribution in [0.2, 0.25) is 0 Å². The summed E-state index contributed by atoms with van der Waals surface area (Å²) < 4.78 is 0. The van der Waals surface area contributed by atoms with E-state index in [9.17, 15) is 5.11 Å². The molecule has 0 saturated heterocycles. The van der Waals surface area contributed by atoms with Crippen LogP contribution in [0.1, 0.15) is 50.0 Å². The summed E-state index contributed by atoms with van der Waals surface area (Å²) in [4.78, 5) is 0. The second kappa shape index (κ2) is 6.23. The van der Waals surface area contributed by atoms with Crippen LogP contribution in [0.4, 0.5) is 0 Å². The Bertz CT molecular complexity index is 525. The molecule has 20 heavy (non-hydrogen) atoms. The number of benzene rings is 2. The molecule has 0 heterocycles. The molecule has 1 N–H and O–H groups in total. The van der Waals surface area contributed by atoms with Gasteiger partial charge in [0.15, 0.2) is 0 Å². The Morgan fingerprint density at radius 1 is 0.900 bits per heavy atom. The Morgan fingerprint density at radius 3 is 2.00 bits per heavy atom. The van der Waals surface area contributed by atoms with Crippen LogP contribution in [0.15, 0.2) is 54.6 Å². The Morgan fingerprint density at radius 2 is 1.45 bits per heavy atom. The molecule has 0 amide bonds. The molecule has 2 aromatic carbocycles. The van der Waals surface area contributed by atoms with E-state index in [1.165, 1.54) is 11.1 Å². The number of rotatable bonds is 5. The third kappa shape index (κ3) is 3.49. The van der Waals surface area contributed by atoms with Gasteiger partial charge in [-0.05, 0) is 34.9 Å². The monoisotopic (exact) mass is 268 g/mol. The number of aliphatic hydroxyl groups excluding tert-OH is 1. The van der Waals surface area contributed by atoms with E-state index in [4.69, 9.17) is 0 Å². The molecule has 106 valence electrons. The first kappa shape index (κ1) is 14.8. The van der Waals surface area contributed by atoms with Crippen LogP contribution < -0.4 is 0 Å². The fourth-order valence-corrected chi connectivity index (χ4v) is 2.29. The molecule has 0 saturated carbocycles. The van der Waals surface area contributed by atoms with Crippen LogP contribution in [0.5, 0.6) is 0 Å². The molecule has 0 aromatic heterocycles. The molecule has 0 spiro atoms. The number of hydrogen-bond acceptors (Lipinski definition) is 1. The number of aliphatic hydroxyl groups is 1. The predicted molar refractivity (Wildman–Crippen MR) is 84.7 cm³/mol. The fraction of sp³-hybridized carbons (Fsp3) is 0.368. The zero-order valence-corrected chi connectivity index (χ0v) is 12.6. The zero-order valence-electron chi connectivity index (χ0n) is 12.6. The minimum atomic E-state index is -0.404. The summed E-state index contributed by atoms with van der Waals surface area (Å²) in [5, 5.41) is 10.4. The van der Waals surface area contributed by atoms with E-state index in [-0.39, 0.29) is 5.41 Å². The van der Waals surface area contributed by atoms with Crippen molar-refractivity contribution in [1.29, 1.82) is 0 Å². The van der Waals surface area contributed by atoms with Gasteiger partial charge in [0, 0.05) is 0 Å². The summed E-state index contributed by atoms with van der Waals surface area (Å²) >= 11 is 0. The minimum Gasteiger partial charge on any atom is -0.388 e. The highest BCUT2D eigenvalue weighted by Gasteiger charge is 2.26. The Balaban J connectivity index is 2.11. The lowest BCUT2D eigenvalue weighted by Crippen LogP contribution is -2.20. The van der Waals surface area contributed by atoms with Crippen molar-refractivity contribution < 1.29 is 5.11 Å². The van der Waals surface area contributed by atoms with E-state index >= 15 is 0 Å². The van der Waals surface area contributed by atoms with Gasteiger partial charge in [-0.25, -0.2) is 0 Å². The second-order valence-electron chi connectivity index (χ2n) is 6.15. The van der Waals surface area contributed by atoms with E-state index in [0.717, 1.165) is 18.4 Å². The van der Waals surface area contributed by atoms with E-state index in [1.807, 2.05) is 6.07 Å². The van der Waals surface area contributed by atoms with Crippen LogP contribution in [-0.2, 0) is 6.42 Å². The maximum absolute atomic E-state index is 10.4. The van der Waals surface area contributed by atoms with Gasteiger partial charge in [-0.1, -0.05) is 75.4 Å². The molecule has 0 fully saturated rings. The maximum Gasteiger partial charge on any atom is 0.0840 e. The van der Waals surface area contributed by atoms with Gasteiger partial charge in [0.1, 0.15) is 0 Å². The second-order valence-corrected chi connectivity index (χ2v) is 6.15. The van der Waals surface area contributed by atoms with Gasteiger partial charge < -0.3 is 5.11 Å². The van der Waals surface area contributed by atoms with Gasteiger partial charge in [-0.15, -0.1) is 0 Å².